The lowest BCUT2D eigenvalue weighted by Gasteiger charge is -2.34. The zero-order valence-corrected chi connectivity index (χ0v) is 10.8. The van der Waals surface area contributed by atoms with Gasteiger partial charge in [0, 0.05) is 23.3 Å². The summed E-state index contributed by atoms with van der Waals surface area (Å²) in [5, 5.41) is 13.0. The van der Waals surface area contributed by atoms with Crippen LogP contribution < -0.4 is 0 Å². The van der Waals surface area contributed by atoms with Crippen molar-refractivity contribution in [3.8, 4) is 0 Å². The van der Waals surface area contributed by atoms with Crippen molar-refractivity contribution in [2.75, 3.05) is 0 Å². The number of aromatic nitrogens is 1. The second-order valence-electron chi connectivity index (χ2n) is 5.68. The van der Waals surface area contributed by atoms with Crippen molar-refractivity contribution in [2.24, 2.45) is 5.92 Å². The highest BCUT2D eigenvalue weighted by Gasteiger charge is 2.31. The lowest BCUT2D eigenvalue weighted by atomic mass is 9.75. The van der Waals surface area contributed by atoms with Gasteiger partial charge in [-0.1, -0.05) is 43.5 Å². The fourth-order valence-electron chi connectivity index (χ4n) is 2.91. The molecule has 2 aromatic rings. The second-order valence-corrected chi connectivity index (χ2v) is 5.68. The summed E-state index contributed by atoms with van der Waals surface area (Å²) >= 11 is 0. The number of hydrogen-bond acceptors (Lipinski definition) is 2. The van der Waals surface area contributed by atoms with Gasteiger partial charge in [-0.05, 0) is 24.6 Å². The number of aliphatic hydroxyl groups is 1. The monoisotopic (exact) mass is 241 g/mol. The van der Waals surface area contributed by atoms with Gasteiger partial charge in [-0.2, -0.15) is 0 Å². The van der Waals surface area contributed by atoms with Gasteiger partial charge in [-0.25, -0.2) is 0 Å². The maximum absolute atomic E-state index is 10.8. The molecule has 0 radical (unpaired) electrons. The van der Waals surface area contributed by atoms with Crippen molar-refractivity contribution in [3.05, 3.63) is 42.2 Å². The Bertz CT molecular complexity index is 553. The van der Waals surface area contributed by atoms with E-state index in [0.717, 1.165) is 22.8 Å². The molecule has 1 aliphatic carbocycles. The number of pyridine rings is 1. The smallest absolute Gasteiger partial charge is 0.0892 e. The quantitative estimate of drug-likeness (QED) is 0.890. The summed E-state index contributed by atoms with van der Waals surface area (Å²) in [7, 11) is 0. The van der Waals surface area contributed by atoms with Crippen molar-refractivity contribution < 1.29 is 5.11 Å². The van der Waals surface area contributed by atoms with E-state index in [-0.39, 0.29) is 0 Å². The molecule has 2 nitrogen and oxygen atoms in total. The van der Waals surface area contributed by atoms with Gasteiger partial charge < -0.3 is 5.11 Å². The molecule has 1 unspecified atom stereocenters. The first-order chi connectivity index (χ1) is 8.67. The zero-order chi connectivity index (χ0) is 12.6. The molecule has 0 saturated heterocycles. The van der Waals surface area contributed by atoms with Crippen LogP contribution >= 0.6 is 0 Å². The summed E-state index contributed by atoms with van der Waals surface area (Å²) in [5.74, 6) is 0.680. The van der Waals surface area contributed by atoms with E-state index in [1.165, 1.54) is 19.3 Å². The van der Waals surface area contributed by atoms with E-state index in [4.69, 9.17) is 0 Å². The van der Waals surface area contributed by atoms with Crippen molar-refractivity contribution >= 4 is 10.8 Å². The summed E-state index contributed by atoms with van der Waals surface area (Å²) in [5.41, 5.74) is 0.200. The molecule has 0 bridgehead atoms. The number of nitrogens with zero attached hydrogens (tertiary/aromatic N) is 1. The first-order valence-electron chi connectivity index (χ1n) is 6.72. The Morgan fingerprint density at radius 2 is 2.06 bits per heavy atom. The first kappa shape index (κ1) is 11.7. The number of hydrogen-bond donors (Lipinski definition) is 1. The number of rotatable bonds is 3. The molecule has 0 spiro atoms. The summed E-state index contributed by atoms with van der Waals surface area (Å²) in [6.45, 7) is 1.93. The summed E-state index contributed by atoms with van der Waals surface area (Å²) in [4.78, 5) is 4.27. The first-order valence-corrected chi connectivity index (χ1v) is 6.72. The molecule has 1 aromatic carbocycles. The predicted octanol–water partition coefficient (Wildman–Crippen LogP) is 3.63. The molecule has 0 amide bonds. The highest BCUT2D eigenvalue weighted by Crippen LogP contribution is 2.39. The Morgan fingerprint density at radius 1 is 1.28 bits per heavy atom. The highest BCUT2D eigenvalue weighted by molar-refractivity contribution is 5.85. The Hall–Kier alpha value is -1.41. The van der Waals surface area contributed by atoms with Gasteiger partial charge in [0.05, 0.1) is 5.60 Å². The van der Waals surface area contributed by atoms with Gasteiger partial charge in [0.1, 0.15) is 0 Å². The van der Waals surface area contributed by atoms with E-state index in [1.807, 2.05) is 37.5 Å². The molecule has 3 rings (SSSR count). The van der Waals surface area contributed by atoms with E-state index >= 15 is 0 Å². The van der Waals surface area contributed by atoms with Crippen molar-refractivity contribution in [3.63, 3.8) is 0 Å². The van der Waals surface area contributed by atoms with Crippen LogP contribution in [-0.4, -0.2) is 10.1 Å². The third kappa shape index (κ3) is 2.01. The second kappa shape index (κ2) is 4.36. The van der Waals surface area contributed by atoms with E-state index in [2.05, 4.69) is 11.1 Å². The Morgan fingerprint density at radius 3 is 2.78 bits per heavy atom. The Labute approximate surface area is 108 Å². The average molecular weight is 241 g/mol. The predicted molar refractivity (Wildman–Crippen MR) is 73.3 cm³/mol. The van der Waals surface area contributed by atoms with E-state index < -0.39 is 5.60 Å². The minimum Gasteiger partial charge on any atom is -0.385 e. The molecule has 1 atom stereocenters. The fourth-order valence-corrected chi connectivity index (χ4v) is 2.91. The van der Waals surface area contributed by atoms with E-state index in [1.54, 1.807) is 0 Å². The van der Waals surface area contributed by atoms with Gasteiger partial charge >= 0.3 is 0 Å². The Balaban J connectivity index is 2.01. The fraction of sp³-hybridized carbons (Fsp3) is 0.438. The molecule has 18 heavy (non-hydrogen) atoms. The zero-order valence-electron chi connectivity index (χ0n) is 10.8. The highest BCUT2D eigenvalue weighted by atomic mass is 16.3. The average Bonchev–Trinajstić information content (AvgIpc) is 2.33. The Kier molecular flexibility index (Phi) is 2.83. The van der Waals surface area contributed by atoms with Crippen LogP contribution in [0.1, 0.15) is 38.2 Å². The third-order valence-corrected chi connectivity index (χ3v) is 4.16. The van der Waals surface area contributed by atoms with Crippen molar-refractivity contribution in [2.45, 2.75) is 38.2 Å². The lowest BCUT2D eigenvalue weighted by molar-refractivity contribution is 0.0172. The normalized spacial score (nSPS) is 19.4. The van der Waals surface area contributed by atoms with Crippen LogP contribution in [0.15, 0.2) is 36.7 Å². The summed E-state index contributed by atoms with van der Waals surface area (Å²) in [6, 6.07) is 8.15. The van der Waals surface area contributed by atoms with Gasteiger partial charge in [-0.3, -0.25) is 4.98 Å². The molecular weight excluding hydrogens is 222 g/mol. The SMILES string of the molecule is CC(O)(CC1CCC1)c1cncc2ccccc12. The van der Waals surface area contributed by atoms with Crippen LogP contribution in [0.2, 0.25) is 0 Å². The molecule has 1 fully saturated rings. The number of benzene rings is 1. The molecule has 1 aliphatic rings. The summed E-state index contributed by atoms with van der Waals surface area (Å²) in [6.07, 6.45) is 8.36. The molecule has 2 heteroatoms. The van der Waals surface area contributed by atoms with Crippen LogP contribution in [0, 0.1) is 5.92 Å². The number of fused-ring (bicyclic) bond motifs is 1. The molecule has 1 aromatic heterocycles. The van der Waals surface area contributed by atoms with Crippen LogP contribution in [0.25, 0.3) is 10.8 Å². The maximum Gasteiger partial charge on any atom is 0.0892 e. The van der Waals surface area contributed by atoms with Crippen molar-refractivity contribution in [1.29, 1.82) is 0 Å². The molecule has 1 N–H and O–H groups in total. The standard InChI is InChI=1S/C16H19NO/c1-16(18,9-12-5-4-6-12)15-11-17-10-13-7-2-3-8-14(13)15/h2-3,7-8,10-12,18H,4-6,9H2,1H3. The van der Waals surface area contributed by atoms with Gasteiger partial charge in [0.2, 0.25) is 0 Å². The van der Waals surface area contributed by atoms with Crippen molar-refractivity contribution in [1.82, 2.24) is 4.98 Å². The molecule has 94 valence electrons. The lowest BCUT2D eigenvalue weighted by Crippen LogP contribution is -2.28. The van der Waals surface area contributed by atoms with Crippen LogP contribution in [0.3, 0.4) is 0 Å². The third-order valence-electron chi connectivity index (χ3n) is 4.16. The molecule has 1 heterocycles. The van der Waals surface area contributed by atoms with Gasteiger partial charge in [0.15, 0.2) is 0 Å². The topological polar surface area (TPSA) is 33.1 Å². The van der Waals surface area contributed by atoms with E-state index in [9.17, 15) is 5.11 Å². The molecular formula is C16H19NO. The van der Waals surface area contributed by atoms with Gasteiger partial charge in [-0.15, -0.1) is 0 Å². The maximum atomic E-state index is 10.8. The summed E-state index contributed by atoms with van der Waals surface area (Å²) < 4.78 is 0. The van der Waals surface area contributed by atoms with E-state index in [0.29, 0.717) is 5.92 Å². The van der Waals surface area contributed by atoms with Gasteiger partial charge in [0.25, 0.3) is 0 Å². The minimum atomic E-state index is -0.765. The van der Waals surface area contributed by atoms with Crippen LogP contribution in [0.4, 0.5) is 0 Å². The van der Waals surface area contributed by atoms with Crippen LogP contribution in [-0.2, 0) is 5.60 Å². The van der Waals surface area contributed by atoms with Crippen LogP contribution in [0.5, 0.6) is 0 Å². The molecule has 0 aliphatic heterocycles. The molecule has 1 saturated carbocycles. The minimum absolute atomic E-state index is 0.680. The largest absolute Gasteiger partial charge is 0.385 e.